The summed E-state index contributed by atoms with van der Waals surface area (Å²) in [7, 11) is 0. The van der Waals surface area contributed by atoms with Gasteiger partial charge >= 0.3 is 0 Å². The molecule has 176 valence electrons. The van der Waals surface area contributed by atoms with Gasteiger partial charge < -0.3 is 24.8 Å². The Kier molecular flexibility index (Phi) is 12.4. The molecular formula is C25H36IN3O3. The summed E-state index contributed by atoms with van der Waals surface area (Å²) in [5.41, 5.74) is 3.45. The lowest BCUT2D eigenvalue weighted by Gasteiger charge is -2.15. The molecule has 6 nitrogen and oxygen atoms in total. The van der Waals surface area contributed by atoms with Crippen molar-refractivity contribution < 1.29 is 14.2 Å². The van der Waals surface area contributed by atoms with Gasteiger partial charge in [0, 0.05) is 31.2 Å². The van der Waals surface area contributed by atoms with Crippen LogP contribution in [0.2, 0.25) is 0 Å². The monoisotopic (exact) mass is 553 g/mol. The van der Waals surface area contributed by atoms with Crippen molar-refractivity contribution in [1.82, 2.24) is 10.6 Å². The van der Waals surface area contributed by atoms with E-state index in [1.165, 1.54) is 11.1 Å². The van der Waals surface area contributed by atoms with Gasteiger partial charge in [-0.2, -0.15) is 0 Å². The molecule has 1 saturated heterocycles. The van der Waals surface area contributed by atoms with Gasteiger partial charge in [-0.15, -0.1) is 24.0 Å². The second kappa shape index (κ2) is 15.1. The summed E-state index contributed by atoms with van der Waals surface area (Å²) in [6.07, 6.45) is 1.07. The zero-order chi connectivity index (χ0) is 21.7. The predicted octanol–water partition coefficient (Wildman–Crippen LogP) is 4.30. The molecule has 0 aliphatic carbocycles. The number of hydrogen-bond acceptors (Lipinski definition) is 4. The van der Waals surface area contributed by atoms with Gasteiger partial charge in [0.25, 0.3) is 0 Å². The fraction of sp³-hybridized carbons (Fsp3) is 0.480. The summed E-state index contributed by atoms with van der Waals surface area (Å²) >= 11 is 0. The molecule has 32 heavy (non-hydrogen) atoms. The highest BCUT2D eigenvalue weighted by Gasteiger charge is 2.17. The van der Waals surface area contributed by atoms with E-state index in [0.717, 1.165) is 43.5 Å². The number of hydrogen-bond donors (Lipinski definition) is 2. The van der Waals surface area contributed by atoms with Crippen LogP contribution >= 0.6 is 24.0 Å². The lowest BCUT2D eigenvalue weighted by atomic mass is 10.1. The van der Waals surface area contributed by atoms with Crippen molar-refractivity contribution in [1.29, 1.82) is 0 Å². The fourth-order valence-corrected chi connectivity index (χ4v) is 3.36. The maximum Gasteiger partial charge on any atom is 0.191 e. The Hall–Kier alpha value is -1.84. The summed E-state index contributed by atoms with van der Waals surface area (Å²) in [5, 5.41) is 6.64. The Labute approximate surface area is 209 Å². The van der Waals surface area contributed by atoms with E-state index in [2.05, 4.69) is 54.8 Å². The van der Waals surface area contributed by atoms with Gasteiger partial charge in [-0.1, -0.05) is 42.5 Å². The molecule has 0 aromatic heterocycles. The van der Waals surface area contributed by atoms with Crippen LogP contribution in [-0.4, -0.2) is 45.5 Å². The second-order valence-electron chi connectivity index (χ2n) is 7.81. The van der Waals surface area contributed by atoms with Crippen LogP contribution in [0.25, 0.3) is 0 Å². The molecule has 0 amide bonds. The fourth-order valence-electron chi connectivity index (χ4n) is 3.36. The highest BCUT2D eigenvalue weighted by Crippen LogP contribution is 2.23. The van der Waals surface area contributed by atoms with Gasteiger partial charge in [-0.3, -0.25) is 0 Å². The predicted molar refractivity (Wildman–Crippen MR) is 140 cm³/mol. The molecule has 2 aromatic carbocycles. The Balaban J connectivity index is 0.00000363. The Morgan fingerprint density at radius 2 is 2.00 bits per heavy atom. The Morgan fingerprint density at radius 1 is 1.16 bits per heavy atom. The van der Waals surface area contributed by atoms with Crippen LogP contribution < -0.4 is 15.4 Å². The largest absolute Gasteiger partial charge is 0.493 e. The third kappa shape index (κ3) is 9.34. The second-order valence-corrected chi connectivity index (χ2v) is 7.81. The van der Waals surface area contributed by atoms with E-state index in [0.29, 0.717) is 38.8 Å². The van der Waals surface area contributed by atoms with Gasteiger partial charge in [0.2, 0.25) is 0 Å². The van der Waals surface area contributed by atoms with Crippen molar-refractivity contribution >= 4 is 29.9 Å². The van der Waals surface area contributed by atoms with Gasteiger partial charge in [-0.05, 0) is 37.5 Å². The zero-order valence-electron chi connectivity index (χ0n) is 19.1. The first-order valence-electron chi connectivity index (χ1n) is 11.2. The van der Waals surface area contributed by atoms with Crippen molar-refractivity contribution in [3.63, 3.8) is 0 Å². The van der Waals surface area contributed by atoms with Gasteiger partial charge in [-0.25, -0.2) is 4.99 Å². The summed E-state index contributed by atoms with van der Waals surface area (Å²) < 4.78 is 17.3. The maximum absolute atomic E-state index is 6.14. The summed E-state index contributed by atoms with van der Waals surface area (Å²) in [5.74, 6) is 2.17. The van der Waals surface area contributed by atoms with Crippen molar-refractivity contribution in [2.45, 2.75) is 33.4 Å². The van der Waals surface area contributed by atoms with Gasteiger partial charge in [0.05, 0.1) is 33.0 Å². The number of nitrogens with one attached hydrogen (secondary N) is 2. The van der Waals surface area contributed by atoms with E-state index in [9.17, 15) is 0 Å². The van der Waals surface area contributed by atoms with Crippen molar-refractivity contribution in [3.05, 3.63) is 65.2 Å². The quantitative estimate of drug-likeness (QED) is 0.188. The van der Waals surface area contributed by atoms with E-state index in [-0.39, 0.29) is 24.0 Å². The number of aliphatic imine (C=N–C) groups is 1. The normalized spacial score (nSPS) is 15.8. The minimum absolute atomic E-state index is 0. The van der Waals surface area contributed by atoms with Crippen LogP contribution in [0.15, 0.2) is 53.5 Å². The molecule has 2 aromatic rings. The molecule has 1 atom stereocenters. The molecule has 1 aliphatic rings. The molecule has 3 rings (SSSR count). The maximum atomic E-state index is 6.14. The summed E-state index contributed by atoms with van der Waals surface area (Å²) in [4.78, 5) is 4.74. The van der Waals surface area contributed by atoms with Crippen LogP contribution in [0.5, 0.6) is 5.75 Å². The molecule has 0 radical (unpaired) electrons. The van der Waals surface area contributed by atoms with E-state index >= 15 is 0 Å². The van der Waals surface area contributed by atoms with Crippen LogP contribution in [0.3, 0.4) is 0 Å². The molecular weight excluding hydrogens is 517 g/mol. The third-order valence-electron chi connectivity index (χ3n) is 5.12. The Bertz CT molecular complexity index is 811. The number of halogens is 1. The number of rotatable bonds is 11. The number of nitrogens with zero attached hydrogens (tertiary/aromatic N) is 1. The molecule has 2 N–H and O–H groups in total. The molecule has 1 unspecified atom stereocenters. The lowest BCUT2D eigenvalue weighted by molar-refractivity contribution is 0.125. The number of aryl methyl sites for hydroxylation is 1. The SMILES string of the molecule is CCNC(=NCc1ccc(C)cc1OCC1CCOC1)NCCOCc1ccccc1.I. The molecule has 7 heteroatoms. The topological polar surface area (TPSA) is 64.1 Å². The summed E-state index contributed by atoms with van der Waals surface area (Å²) in [6, 6.07) is 16.5. The minimum atomic E-state index is 0. The van der Waals surface area contributed by atoms with Crippen LogP contribution in [0.1, 0.15) is 30.0 Å². The van der Waals surface area contributed by atoms with E-state index < -0.39 is 0 Å². The standard InChI is InChI=1S/C25H35N3O3.HI/c1-3-26-25(27-12-14-30-17-21-7-5-4-6-8-21)28-16-23-10-9-20(2)15-24(23)31-19-22-11-13-29-18-22;/h4-10,15,22H,3,11-14,16-19H2,1-2H3,(H2,26,27,28);1H. The van der Waals surface area contributed by atoms with Crippen molar-refractivity contribution in [3.8, 4) is 5.75 Å². The highest BCUT2D eigenvalue weighted by atomic mass is 127. The third-order valence-corrected chi connectivity index (χ3v) is 5.12. The smallest absolute Gasteiger partial charge is 0.191 e. The van der Waals surface area contributed by atoms with Gasteiger partial charge in [0.1, 0.15) is 5.75 Å². The number of guanidine groups is 1. The van der Waals surface area contributed by atoms with E-state index in [1.807, 2.05) is 18.2 Å². The lowest BCUT2D eigenvalue weighted by Crippen LogP contribution is -2.39. The summed E-state index contributed by atoms with van der Waals surface area (Å²) in [6.45, 7) is 9.74. The first kappa shape index (κ1) is 26.4. The minimum Gasteiger partial charge on any atom is -0.493 e. The molecule has 0 spiro atoms. The molecule has 1 aliphatic heterocycles. The van der Waals surface area contributed by atoms with Crippen molar-refractivity contribution in [2.24, 2.45) is 10.9 Å². The van der Waals surface area contributed by atoms with Crippen LogP contribution in [0.4, 0.5) is 0 Å². The number of ether oxygens (including phenoxy) is 3. The number of benzene rings is 2. The molecule has 1 fully saturated rings. The van der Waals surface area contributed by atoms with Gasteiger partial charge in [0.15, 0.2) is 5.96 Å². The zero-order valence-corrected chi connectivity index (χ0v) is 21.5. The first-order chi connectivity index (χ1) is 15.2. The average Bonchev–Trinajstić information content (AvgIpc) is 3.31. The molecule has 1 heterocycles. The van der Waals surface area contributed by atoms with Crippen molar-refractivity contribution in [2.75, 3.05) is 39.5 Å². The Morgan fingerprint density at radius 3 is 2.75 bits per heavy atom. The van der Waals surface area contributed by atoms with Crippen LogP contribution in [-0.2, 0) is 22.6 Å². The van der Waals surface area contributed by atoms with Crippen LogP contribution in [0, 0.1) is 12.8 Å². The highest BCUT2D eigenvalue weighted by molar-refractivity contribution is 14.0. The molecule has 0 saturated carbocycles. The average molecular weight is 553 g/mol. The van der Waals surface area contributed by atoms with E-state index in [1.54, 1.807) is 0 Å². The first-order valence-corrected chi connectivity index (χ1v) is 11.2. The molecule has 0 bridgehead atoms. The van der Waals surface area contributed by atoms with E-state index in [4.69, 9.17) is 19.2 Å².